The Balaban J connectivity index is 1.61. The van der Waals surface area contributed by atoms with Gasteiger partial charge in [-0.05, 0) is 55.0 Å². The molecule has 1 atom stereocenters. The van der Waals surface area contributed by atoms with Gasteiger partial charge in [-0.3, -0.25) is 4.79 Å². The van der Waals surface area contributed by atoms with E-state index in [9.17, 15) is 26.4 Å². The summed E-state index contributed by atoms with van der Waals surface area (Å²) in [7, 11) is -1.76. The molecule has 0 radical (unpaired) electrons. The highest BCUT2D eigenvalue weighted by atomic mass is 32.2. The number of furan rings is 1. The van der Waals surface area contributed by atoms with Gasteiger partial charge in [0, 0.05) is 17.2 Å². The number of rotatable bonds is 6. The van der Waals surface area contributed by atoms with Gasteiger partial charge in [-0.25, -0.2) is 8.42 Å². The van der Waals surface area contributed by atoms with Crippen molar-refractivity contribution < 1.29 is 35.5 Å². The molecule has 34 heavy (non-hydrogen) atoms. The van der Waals surface area contributed by atoms with Gasteiger partial charge in [-0.2, -0.15) is 13.2 Å². The lowest BCUT2D eigenvalue weighted by Gasteiger charge is -2.27. The molecule has 1 aliphatic rings. The summed E-state index contributed by atoms with van der Waals surface area (Å²) in [5, 5.41) is 0. The second-order valence-electron chi connectivity index (χ2n) is 8.06. The highest BCUT2D eigenvalue weighted by Gasteiger charge is 2.36. The Kier molecular flexibility index (Phi) is 6.44. The van der Waals surface area contributed by atoms with Crippen LogP contribution < -0.4 is 4.74 Å². The van der Waals surface area contributed by atoms with Gasteiger partial charge in [0.05, 0.1) is 30.7 Å². The Hall–Kier alpha value is -3.27. The smallest absolute Gasteiger partial charge is 0.416 e. The first-order valence-corrected chi connectivity index (χ1v) is 12.3. The first-order chi connectivity index (χ1) is 16.1. The largest absolute Gasteiger partial charge is 0.497 e. The molecule has 0 aliphatic carbocycles. The van der Waals surface area contributed by atoms with Crippen LogP contribution in [0.15, 0.2) is 65.1 Å². The molecule has 1 aromatic heterocycles. The van der Waals surface area contributed by atoms with Crippen LogP contribution in [0.1, 0.15) is 28.1 Å². The predicted molar refractivity (Wildman–Crippen MR) is 119 cm³/mol. The lowest BCUT2D eigenvalue weighted by atomic mass is 10.1. The molecule has 10 heteroatoms. The molecule has 0 N–H and O–H groups in total. The fraction of sp³-hybridized carbons (Fsp3) is 0.292. The number of carbonyl (C=O) groups excluding carboxylic acids is 1. The third-order valence-electron chi connectivity index (χ3n) is 5.71. The maximum Gasteiger partial charge on any atom is 0.416 e. The van der Waals surface area contributed by atoms with E-state index in [1.807, 2.05) is 0 Å². The molecule has 1 aliphatic heterocycles. The summed E-state index contributed by atoms with van der Waals surface area (Å²) >= 11 is 0. The van der Waals surface area contributed by atoms with Crippen molar-refractivity contribution in [2.75, 3.05) is 18.6 Å². The van der Waals surface area contributed by atoms with Gasteiger partial charge in [0.2, 0.25) is 0 Å². The number of hydrogen-bond donors (Lipinski definition) is 0. The van der Waals surface area contributed by atoms with Gasteiger partial charge in [-0.15, -0.1) is 0 Å². The number of halogens is 3. The first-order valence-electron chi connectivity index (χ1n) is 10.5. The quantitative estimate of drug-likeness (QED) is 0.493. The Labute approximate surface area is 194 Å². The van der Waals surface area contributed by atoms with Crippen molar-refractivity contribution in [2.45, 2.75) is 25.2 Å². The number of benzene rings is 2. The Morgan fingerprint density at radius 3 is 2.47 bits per heavy atom. The van der Waals surface area contributed by atoms with Crippen molar-refractivity contribution in [3.05, 3.63) is 77.6 Å². The van der Waals surface area contributed by atoms with Gasteiger partial charge in [0.1, 0.15) is 17.3 Å². The molecule has 0 saturated carbocycles. The zero-order chi connectivity index (χ0) is 24.5. The fourth-order valence-electron chi connectivity index (χ4n) is 3.92. The van der Waals surface area contributed by atoms with Crippen molar-refractivity contribution >= 4 is 15.7 Å². The van der Waals surface area contributed by atoms with E-state index in [0.29, 0.717) is 23.5 Å². The van der Waals surface area contributed by atoms with Crippen molar-refractivity contribution in [3.8, 4) is 17.1 Å². The molecule has 1 saturated heterocycles. The summed E-state index contributed by atoms with van der Waals surface area (Å²) in [5.74, 6) is 0.578. The van der Waals surface area contributed by atoms with E-state index in [1.165, 1.54) is 30.2 Å². The molecule has 2 aromatic carbocycles. The number of ether oxygens (including phenoxy) is 1. The fourth-order valence-corrected chi connectivity index (χ4v) is 5.65. The van der Waals surface area contributed by atoms with Gasteiger partial charge in [0.25, 0.3) is 5.91 Å². The second kappa shape index (κ2) is 9.17. The Morgan fingerprint density at radius 2 is 1.85 bits per heavy atom. The number of amides is 1. The lowest BCUT2D eigenvalue weighted by molar-refractivity contribution is -0.137. The number of sulfone groups is 1. The summed E-state index contributed by atoms with van der Waals surface area (Å²) in [6.45, 7) is -0.0238. The number of carbonyl (C=O) groups is 1. The molecule has 3 aromatic rings. The predicted octanol–water partition coefficient (Wildman–Crippen LogP) is 4.80. The van der Waals surface area contributed by atoms with E-state index < -0.39 is 27.6 Å². The van der Waals surface area contributed by atoms with Crippen molar-refractivity contribution in [1.29, 1.82) is 0 Å². The number of alkyl halides is 3. The molecule has 2 heterocycles. The van der Waals surface area contributed by atoms with Crippen LogP contribution in [0, 0.1) is 0 Å². The minimum atomic E-state index is -4.49. The average molecular weight is 494 g/mol. The molecule has 1 fully saturated rings. The van der Waals surface area contributed by atoms with Gasteiger partial charge >= 0.3 is 6.18 Å². The average Bonchev–Trinajstić information content (AvgIpc) is 3.42. The Morgan fingerprint density at radius 1 is 1.12 bits per heavy atom. The van der Waals surface area contributed by atoms with Gasteiger partial charge in [0.15, 0.2) is 9.84 Å². The molecule has 1 unspecified atom stereocenters. The number of hydrogen-bond acceptors (Lipinski definition) is 5. The molecule has 180 valence electrons. The van der Waals surface area contributed by atoms with E-state index in [-0.39, 0.29) is 35.3 Å². The molecule has 0 bridgehead atoms. The molecular formula is C24H22F3NO5S. The van der Waals surface area contributed by atoms with Crippen LogP contribution in [0.5, 0.6) is 5.75 Å². The van der Waals surface area contributed by atoms with Crippen LogP contribution in [0.4, 0.5) is 13.2 Å². The van der Waals surface area contributed by atoms with Crippen LogP contribution in [-0.2, 0) is 22.6 Å². The zero-order valence-corrected chi connectivity index (χ0v) is 19.0. The van der Waals surface area contributed by atoms with Crippen molar-refractivity contribution in [3.63, 3.8) is 0 Å². The van der Waals surface area contributed by atoms with E-state index in [4.69, 9.17) is 9.15 Å². The van der Waals surface area contributed by atoms with Crippen molar-refractivity contribution in [1.82, 2.24) is 4.90 Å². The third kappa shape index (κ3) is 5.27. The maximum atomic E-state index is 13.3. The summed E-state index contributed by atoms with van der Waals surface area (Å²) in [5.41, 5.74) is -0.192. The van der Waals surface area contributed by atoms with Crippen LogP contribution in [0.2, 0.25) is 0 Å². The SMILES string of the molecule is COc1ccc(C(=O)N(Cc2ccc(-c3cccc(C(F)(F)F)c3)o2)C2CCS(=O)(=O)C2)cc1. The maximum absolute atomic E-state index is 13.3. The normalized spacial score (nSPS) is 17.5. The van der Waals surface area contributed by atoms with Crippen LogP contribution in [-0.4, -0.2) is 43.9 Å². The van der Waals surface area contributed by atoms with E-state index >= 15 is 0 Å². The highest BCUT2D eigenvalue weighted by molar-refractivity contribution is 7.91. The van der Waals surface area contributed by atoms with Crippen LogP contribution in [0.25, 0.3) is 11.3 Å². The van der Waals surface area contributed by atoms with Crippen LogP contribution >= 0.6 is 0 Å². The monoisotopic (exact) mass is 493 g/mol. The molecule has 1 amide bonds. The van der Waals surface area contributed by atoms with Gasteiger partial charge < -0.3 is 14.1 Å². The summed E-state index contributed by atoms with van der Waals surface area (Å²) in [6.07, 6.45) is -4.19. The van der Waals surface area contributed by atoms with E-state index in [2.05, 4.69) is 0 Å². The summed E-state index contributed by atoms with van der Waals surface area (Å²) < 4.78 is 74.2. The van der Waals surface area contributed by atoms with Crippen molar-refractivity contribution in [2.24, 2.45) is 0 Å². The molecule has 6 nitrogen and oxygen atoms in total. The zero-order valence-electron chi connectivity index (χ0n) is 18.2. The standard InChI is InChI=1S/C24H22F3NO5S/c1-32-20-7-5-16(6-8-20)23(29)28(19-11-12-34(30,31)15-19)14-21-9-10-22(33-21)17-3-2-4-18(13-17)24(25,26)27/h2-10,13,19H,11-12,14-15H2,1H3. The number of nitrogens with zero attached hydrogens (tertiary/aromatic N) is 1. The van der Waals surface area contributed by atoms with Gasteiger partial charge in [-0.1, -0.05) is 12.1 Å². The summed E-state index contributed by atoms with van der Waals surface area (Å²) in [4.78, 5) is 14.7. The Bertz CT molecular complexity index is 1280. The van der Waals surface area contributed by atoms with E-state index in [1.54, 1.807) is 30.3 Å². The first kappa shape index (κ1) is 23.9. The molecular weight excluding hydrogens is 471 g/mol. The molecule has 0 spiro atoms. The third-order valence-corrected chi connectivity index (χ3v) is 7.46. The highest BCUT2D eigenvalue weighted by Crippen LogP contribution is 2.33. The van der Waals surface area contributed by atoms with E-state index in [0.717, 1.165) is 12.1 Å². The number of methoxy groups -OCH3 is 1. The van der Waals surface area contributed by atoms with Crippen LogP contribution in [0.3, 0.4) is 0 Å². The summed E-state index contributed by atoms with van der Waals surface area (Å²) in [6, 6.07) is 13.8. The minimum Gasteiger partial charge on any atom is -0.497 e. The minimum absolute atomic E-state index is 0.0162. The lowest BCUT2D eigenvalue weighted by Crippen LogP contribution is -2.40. The topological polar surface area (TPSA) is 76.8 Å². The molecule has 4 rings (SSSR count). The second-order valence-corrected chi connectivity index (χ2v) is 10.3.